The molecule has 108 valence electrons. The molecule has 1 aliphatic rings. The van der Waals surface area contributed by atoms with Crippen LogP contribution in [0.3, 0.4) is 0 Å². The molecule has 1 unspecified atom stereocenters. The van der Waals surface area contributed by atoms with Crippen molar-refractivity contribution in [2.75, 3.05) is 0 Å². The van der Waals surface area contributed by atoms with Crippen molar-refractivity contribution in [2.45, 2.75) is 72.4 Å². The summed E-state index contributed by atoms with van der Waals surface area (Å²) in [7, 11) is 0. The van der Waals surface area contributed by atoms with Crippen molar-refractivity contribution >= 4 is 11.3 Å². The molecule has 0 bridgehead atoms. The lowest BCUT2D eigenvalue weighted by Gasteiger charge is -2.37. The Morgan fingerprint density at radius 2 is 1.89 bits per heavy atom. The number of aromatic nitrogens is 1. The Bertz CT molecular complexity index is 397. The van der Waals surface area contributed by atoms with Crippen molar-refractivity contribution in [3.8, 4) is 0 Å². The summed E-state index contributed by atoms with van der Waals surface area (Å²) >= 11 is 1.82. The third-order valence-electron chi connectivity index (χ3n) is 4.45. The van der Waals surface area contributed by atoms with Gasteiger partial charge >= 0.3 is 0 Å². The van der Waals surface area contributed by atoms with Gasteiger partial charge in [-0.2, -0.15) is 0 Å². The number of hydrogen-bond acceptors (Lipinski definition) is 3. The maximum absolute atomic E-state index is 4.49. The lowest BCUT2D eigenvalue weighted by molar-refractivity contribution is 0.157. The Kier molecular flexibility index (Phi) is 4.67. The smallest absolute Gasteiger partial charge is 0.109 e. The fraction of sp³-hybridized carbons (Fsp3) is 0.812. The summed E-state index contributed by atoms with van der Waals surface area (Å²) in [5, 5.41) is 5.00. The molecule has 0 amide bonds. The molecular formula is C16H28N2S. The van der Waals surface area contributed by atoms with Gasteiger partial charge in [-0.05, 0) is 50.9 Å². The van der Waals surface area contributed by atoms with Gasteiger partial charge in [-0.3, -0.25) is 0 Å². The standard InChI is InChI=1S/C16H28N2S/c1-11-10-17-15(19-11)12(2)18-14-8-6-13(7-9-14)16(3,4)5/h10,12-14,18H,6-9H2,1-5H3. The molecule has 1 aromatic heterocycles. The molecule has 2 nitrogen and oxygen atoms in total. The van der Waals surface area contributed by atoms with E-state index < -0.39 is 0 Å². The van der Waals surface area contributed by atoms with E-state index in [0.717, 1.165) is 5.92 Å². The van der Waals surface area contributed by atoms with Gasteiger partial charge in [0, 0.05) is 17.1 Å². The van der Waals surface area contributed by atoms with Gasteiger partial charge in [0.05, 0.1) is 6.04 Å². The molecule has 3 heteroatoms. The topological polar surface area (TPSA) is 24.9 Å². The minimum Gasteiger partial charge on any atom is -0.305 e. The quantitative estimate of drug-likeness (QED) is 0.867. The highest BCUT2D eigenvalue weighted by atomic mass is 32.1. The molecule has 1 N–H and O–H groups in total. The van der Waals surface area contributed by atoms with Gasteiger partial charge in [0.1, 0.15) is 5.01 Å². The Balaban J connectivity index is 1.82. The van der Waals surface area contributed by atoms with Gasteiger partial charge in [-0.15, -0.1) is 11.3 Å². The third kappa shape index (κ3) is 4.03. The zero-order valence-electron chi connectivity index (χ0n) is 13.0. The van der Waals surface area contributed by atoms with Crippen molar-refractivity contribution < 1.29 is 0 Å². The second kappa shape index (κ2) is 5.92. The highest BCUT2D eigenvalue weighted by Gasteiger charge is 2.30. The molecular weight excluding hydrogens is 252 g/mol. The Morgan fingerprint density at radius 1 is 1.26 bits per heavy atom. The van der Waals surface area contributed by atoms with E-state index in [2.05, 4.69) is 44.9 Å². The summed E-state index contributed by atoms with van der Waals surface area (Å²) in [5.74, 6) is 0.892. The van der Waals surface area contributed by atoms with Crippen LogP contribution in [0, 0.1) is 18.3 Å². The highest BCUT2D eigenvalue weighted by molar-refractivity contribution is 7.11. The summed E-state index contributed by atoms with van der Waals surface area (Å²) in [6.07, 6.45) is 7.34. The lowest BCUT2D eigenvalue weighted by Crippen LogP contribution is -2.37. The van der Waals surface area contributed by atoms with Crippen LogP contribution in [0.4, 0.5) is 0 Å². The first-order chi connectivity index (χ1) is 8.86. The molecule has 0 aromatic carbocycles. The van der Waals surface area contributed by atoms with Gasteiger partial charge in [0.2, 0.25) is 0 Å². The summed E-state index contributed by atoms with van der Waals surface area (Å²) in [6, 6.07) is 1.08. The highest BCUT2D eigenvalue weighted by Crippen LogP contribution is 2.38. The van der Waals surface area contributed by atoms with Gasteiger partial charge in [0.25, 0.3) is 0 Å². The molecule has 2 rings (SSSR count). The molecule has 0 radical (unpaired) electrons. The van der Waals surface area contributed by atoms with E-state index >= 15 is 0 Å². The summed E-state index contributed by atoms with van der Waals surface area (Å²) in [6.45, 7) is 11.5. The molecule has 19 heavy (non-hydrogen) atoms. The van der Waals surface area contributed by atoms with Crippen LogP contribution in [0.25, 0.3) is 0 Å². The molecule has 1 saturated carbocycles. The van der Waals surface area contributed by atoms with E-state index in [0.29, 0.717) is 17.5 Å². The number of thiazole rings is 1. The molecule has 1 heterocycles. The average Bonchev–Trinajstić information content (AvgIpc) is 2.75. The summed E-state index contributed by atoms with van der Waals surface area (Å²) < 4.78 is 0. The van der Waals surface area contributed by atoms with Crippen LogP contribution in [0.2, 0.25) is 0 Å². The van der Waals surface area contributed by atoms with Gasteiger partial charge in [-0.1, -0.05) is 20.8 Å². The Hall–Kier alpha value is -0.410. The molecule has 1 aliphatic carbocycles. The first kappa shape index (κ1) is 15.0. The van der Waals surface area contributed by atoms with Crippen molar-refractivity contribution in [1.29, 1.82) is 0 Å². The van der Waals surface area contributed by atoms with E-state index in [-0.39, 0.29) is 0 Å². The van der Waals surface area contributed by atoms with Crippen LogP contribution >= 0.6 is 11.3 Å². The Morgan fingerprint density at radius 3 is 2.37 bits per heavy atom. The van der Waals surface area contributed by atoms with Crippen LogP contribution in [-0.4, -0.2) is 11.0 Å². The normalized spacial score (nSPS) is 26.4. The van der Waals surface area contributed by atoms with Crippen molar-refractivity contribution in [3.63, 3.8) is 0 Å². The zero-order chi connectivity index (χ0) is 14.0. The molecule has 1 aromatic rings. The van der Waals surface area contributed by atoms with Crippen molar-refractivity contribution in [1.82, 2.24) is 10.3 Å². The third-order valence-corrected chi connectivity index (χ3v) is 5.54. The van der Waals surface area contributed by atoms with Crippen LogP contribution in [0.1, 0.15) is 69.3 Å². The molecule has 0 spiro atoms. The number of hydrogen-bond donors (Lipinski definition) is 1. The SMILES string of the molecule is Cc1cnc(C(C)NC2CCC(C(C)(C)C)CC2)s1. The number of nitrogens with zero attached hydrogens (tertiary/aromatic N) is 1. The largest absolute Gasteiger partial charge is 0.305 e. The van der Waals surface area contributed by atoms with Crippen LogP contribution < -0.4 is 5.32 Å². The second-order valence-electron chi connectivity index (χ2n) is 7.11. The van der Waals surface area contributed by atoms with Crippen LogP contribution in [-0.2, 0) is 0 Å². The maximum Gasteiger partial charge on any atom is 0.109 e. The van der Waals surface area contributed by atoms with E-state index in [1.165, 1.54) is 35.6 Å². The fourth-order valence-electron chi connectivity index (χ4n) is 3.12. The summed E-state index contributed by atoms with van der Waals surface area (Å²) in [4.78, 5) is 5.80. The average molecular weight is 280 g/mol. The predicted octanol–water partition coefficient (Wildman–Crippen LogP) is 4.71. The van der Waals surface area contributed by atoms with E-state index in [4.69, 9.17) is 0 Å². The van der Waals surface area contributed by atoms with Gasteiger partial charge in [0.15, 0.2) is 0 Å². The zero-order valence-corrected chi connectivity index (χ0v) is 13.8. The first-order valence-corrected chi connectivity index (χ1v) is 8.36. The molecule has 0 saturated heterocycles. The van der Waals surface area contributed by atoms with E-state index in [1.54, 1.807) is 0 Å². The molecule has 1 fully saturated rings. The Labute approximate surface area is 122 Å². The number of rotatable bonds is 3. The maximum atomic E-state index is 4.49. The van der Waals surface area contributed by atoms with E-state index in [9.17, 15) is 0 Å². The predicted molar refractivity (Wildman–Crippen MR) is 83.6 cm³/mol. The van der Waals surface area contributed by atoms with Crippen molar-refractivity contribution in [2.24, 2.45) is 11.3 Å². The number of nitrogens with one attached hydrogen (secondary N) is 1. The fourth-order valence-corrected chi connectivity index (χ4v) is 3.91. The van der Waals surface area contributed by atoms with Crippen LogP contribution in [0.15, 0.2) is 6.20 Å². The second-order valence-corrected chi connectivity index (χ2v) is 8.38. The van der Waals surface area contributed by atoms with Crippen LogP contribution in [0.5, 0.6) is 0 Å². The lowest BCUT2D eigenvalue weighted by atomic mass is 9.71. The first-order valence-electron chi connectivity index (χ1n) is 7.54. The summed E-state index contributed by atoms with van der Waals surface area (Å²) in [5.41, 5.74) is 0.475. The molecule has 0 aliphatic heterocycles. The monoisotopic (exact) mass is 280 g/mol. The van der Waals surface area contributed by atoms with Gasteiger partial charge in [-0.25, -0.2) is 4.98 Å². The van der Waals surface area contributed by atoms with Gasteiger partial charge < -0.3 is 5.32 Å². The molecule has 1 atom stereocenters. The minimum absolute atomic E-state index is 0.398. The minimum atomic E-state index is 0.398. The van der Waals surface area contributed by atoms with E-state index in [1.807, 2.05) is 17.5 Å². The van der Waals surface area contributed by atoms with Crippen molar-refractivity contribution in [3.05, 3.63) is 16.1 Å². The number of aryl methyl sites for hydroxylation is 1.